The molecule has 2 amide bonds. The first kappa shape index (κ1) is 50.0. The quantitative estimate of drug-likeness (QED) is 0.0412. The lowest BCUT2D eigenvalue weighted by atomic mass is 9.94. The van der Waals surface area contributed by atoms with Gasteiger partial charge in [0.05, 0.1) is 30.0 Å². The zero-order valence-corrected chi connectivity index (χ0v) is 42.4. The van der Waals surface area contributed by atoms with E-state index in [1.54, 1.807) is 6.26 Å². The Labute approximate surface area is 438 Å². The minimum Gasteiger partial charge on any atom is -0.472 e. The van der Waals surface area contributed by atoms with Gasteiger partial charge >= 0.3 is 5.97 Å². The van der Waals surface area contributed by atoms with E-state index in [9.17, 15) is 14.4 Å². The maximum absolute atomic E-state index is 14.0. The van der Waals surface area contributed by atoms with E-state index < -0.39 is 12.0 Å². The van der Waals surface area contributed by atoms with Gasteiger partial charge in [-0.05, 0) is 95.3 Å². The number of carbonyl (C=O) groups excluding carboxylic acids is 3. The van der Waals surface area contributed by atoms with Crippen LogP contribution in [-0.4, -0.2) is 44.8 Å². The van der Waals surface area contributed by atoms with E-state index in [0.717, 1.165) is 51.5 Å². The van der Waals surface area contributed by atoms with Crippen molar-refractivity contribution in [2.75, 3.05) is 11.9 Å². The molecule has 2 unspecified atom stereocenters. The Bertz CT molecular complexity index is 3310. The SMILES string of the molecule is CC1C=CC(CC(NC(=O)CCC/C=C/[C@@H](C)C(=O)OCC2c3ccccc3-c3ccccc32)C(=O)Nc2ccc(COc3c(Cc4ccco4)nc4c(Cc5ccccc5)nc(-c5ccccc5)cn34)cc2)=CC1. The Balaban J connectivity index is 0.765. The van der Waals surface area contributed by atoms with E-state index in [1.807, 2.05) is 145 Å². The summed E-state index contributed by atoms with van der Waals surface area (Å²) in [7, 11) is 0. The minimum absolute atomic E-state index is 0.000398. The molecule has 2 N–H and O–H groups in total. The van der Waals surface area contributed by atoms with E-state index in [0.29, 0.717) is 55.2 Å². The normalized spacial score (nSPS) is 14.7. The van der Waals surface area contributed by atoms with Crippen molar-refractivity contribution in [3.8, 4) is 28.3 Å². The van der Waals surface area contributed by atoms with Crippen LogP contribution in [0.1, 0.15) is 91.3 Å². The number of ether oxygens (including phenoxy) is 2. The van der Waals surface area contributed by atoms with Gasteiger partial charge in [-0.3, -0.25) is 18.8 Å². The average Bonchev–Trinajstić information content (AvgIpc) is 4.17. The van der Waals surface area contributed by atoms with Crippen LogP contribution in [0.25, 0.3) is 28.0 Å². The van der Waals surface area contributed by atoms with Gasteiger partial charge in [0.2, 0.25) is 17.7 Å². The molecule has 10 rings (SSSR count). The fraction of sp³-hybridized carbons (Fsp3) is 0.234. The molecule has 0 aliphatic heterocycles. The minimum atomic E-state index is -0.793. The Morgan fingerprint density at radius 3 is 2.23 bits per heavy atom. The third-order valence-corrected chi connectivity index (χ3v) is 13.9. The summed E-state index contributed by atoms with van der Waals surface area (Å²) < 4.78 is 20.3. The first-order valence-corrected chi connectivity index (χ1v) is 26.0. The molecule has 8 aromatic rings. The van der Waals surface area contributed by atoms with Crippen LogP contribution >= 0.6 is 0 Å². The first-order chi connectivity index (χ1) is 36.7. The monoisotopic (exact) mass is 995 g/mol. The number of nitrogens with zero attached hydrogens (tertiary/aromatic N) is 3. The fourth-order valence-corrected chi connectivity index (χ4v) is 9.83. The molecule has 3 atom stereocenters. The Morgan fingerprint density at radius 1 is 0.800 bits per heavy atom. The van der Waals surface area contributed by atoms with Gasteiger partial charge in [0.25, 0.3) is 0 Å². The number of nitrogens with one attached hydrogen (secondary N) is 2. The van der Waals surface area contributed by atoms with E-state index in [-0.39, 0.29) is 43.3 Å². The molecule has 75 heavy (non-hydrogen) atoms. The zero-order valence-electron chi connectivity index (χ0n) is 42.4. The summed E-state index contributed by atoms with van der Waals surface area (Å²) in [6, 6.07) is 47.4. The first-order valence-electron chi connectivity index (χ1n) is 26.0. The van der Waals surface area contributed by atoms with Crippen molar-refractivity contribution >= 4 is 29.1 Å². The highest BCUT2D eigenvalue weighted by Crippen LogP contribution is 2.44. The molecule has 0 bridgehead atoms. The lowest BCUT2D eigenvalue weighted by Gasteiger charge is -2.21. The van der Waals surface area contributed by atoms with Gasteiger partial charge < -0.3 is 24.5 Å². The Kier molecular flexibility index (Phi) is 15.7. The molecule has 3 aromatic heterocycles. The van der Waals surface area contributed by atoms with Gasteiger partial charge in [0.1, 0.15) is 30.7 Å². The summed E-state index contributed by atoms with van der Waals surface area (Å²) in [4.78, 5) is 50.8. The molecule has 0 radical (unpaired) electrons. The molecule has 2 aliphatic carbocycles. The van der Waals surface area contributed by atoms with Gasteiger partial charge in [0, 0.05) is 42.6 Å². The van der Waals surface area contributed by atoms with Crippen LogP contribution in [0.15, 0.2) is 198 Å². The highest BCUT2D eigenvalue weighted by atomic mass is 16.5. The average molecular weight is 996 g/mol. The molecular weight excluding hydrogens is 935 g/mol. The van der Waals surface area contributed by atoms with Crippen molar-refractivity contribution in [3.63, 3.8) is 0 Å². The van der Waals surface area contributed by atoms with Gasteiger partial charge in [-0.15, -0.1) is 0 Å². The molecule has 378 valence electrons. The smallest absolute Gasteiger partial charge is 0.312 e. The van der Waals surface area contributed by atoms with Crippen LogP contribution < -0.4 is 15.4 Å². The van der Waals surface area contributed by atoms with E-state index in [1.165, 1.54) is 22.3 Å². The van der Waals surface area contributed by atoms with Gasteiger partial charge in [-0.25, -0.2) is 9.97 Å². The van der Waals surface area contributed by atoms with Crippen LogP contribution in [-0.2, 0) is 38.6 Å². The van der Waals surface area contributed by atoms with Gasteiger partial charge in [-0.1, -0.05) is 159 Å². The molecule has 11 nitrogen and oxygen atoms in total. The Morgan fingerprint density at radius 2 is 1.52 bits per heavy atom. The van der Waals surface area contributed by atoms with E-state index in [4.69, 9.17) is 23.9 Å². The van der Waals surface area contributed by atoms with Gasteiger partial charge in [-0.2, -0.15) is 0 Å². The number of hydrogen-bond donors (Lipinski definition) is 2. The number of amides is 2. The summed E-state index contributed by atoms with van der Waals surface area (Å²) in [5.74, 6) is 0.515. The number of allylic oxidation sites excluding steroid dienone is 4. The predicted octanol–water partition coefficient (Wildman–Crippen LogP) is 12.8. The lowest BCUT2D eigenvalue weighted by molar-refractivity contribution is -0.146. The summed E-state index contributed by atoms with van der Waals surface area (Å²) in [6.45, 7) is 4.48. The Hall–Kier alpha value is -8.57. The molecule has 0 saturated carbocycles. The molecule has 0 spiro atoms. The van der Waals surface area contributed by atoms with Crippen molar-refractivity contribution in [1.82, 2.24) is 19.7 Å². The number of anilines is 1. The zero-order chi connectivity index (χ0) is 51.5. The second-order valence-electron chi connectivity index (χ2n) is 19.5. The molecule has 3 heterocycles. The topological polar surface area (TPSA) is 137 Å². The van der Waals surface area contributed by atoms with Crippen molar-refractivity contribution in [3.05, 3.63) is 233 Å². The number of hydrogen-bond acceptors (Lipinski definition) is 8. The molecule has 5 aromatic carbocycles. The van der Waals surface area contributed by atoms with Crippen molar-refractivity contribution in [1.29, 1.82) is 0 Å². The third kappa shape index (κ3) is 12.3. The fourth-order valence-electron chi connectivity index (χ4n) is 9.83. The van der Waals surface area contributed by atoms with Crippen LogP contribution in [0.3, 0.4) is 0 Å². The van der Waals surface area contributed by atoms with Crippen molar-refractivity contribution in [2.24, 2.45) is 11.8 Å². The van der Waals surface area contributed by atoms with Crippen LogP contribution in [0.5, 0.6) is 5.88 Å². The van der Waals surface area contributed by atoms with E-state index in [2.05, 4.69) is 66.1 Å². The maximum atomic E-state index is 14.0. The second kappa shape index (κ2) is 23.5. The summed E-state index contributed by atoms with van der Waals surface area (Å²) in [6.07, 6.45) is 17.3. The third-order valence-electron chi connectivity index (χ3n) is 13.9. The second-order valence-corrected chi connectivity index (χ2v) is 19.5. The van der Waals surface area contributed by atoms with Crippen molar-refractivity contribution in [2.45, 2.75) is 77.4 Å². The van der Waals surface area contributed by atoms with Crippen LogP contribution in [0.4, 0.5) is 5.69 Å². The number of unbranched alkanes of at least 4 members (excludes halogenated alkanes) is 1. The number of aromatic nitrogens is 3. The number of fused-ring (bicyclic) bond motifs is 4. The maximum Gasteiger partial charge on any atom is 0.312 e. The van der Waals surface area contributed by atoms with Crippen molar-refractivity contribution < 1.29 is 28.3 Å². The molecule has 2 aliphatic rings. The largest absolute Gasteiger partial charge is 0.472 e. The van der Waals surface area contributed by atoms with Crippen LogP contribution in [0, 0.1) is 11.8 Å². The number of esters is 1. The number of furan rings is 1. The lowest BCUT2D eigenvalue weighted by Crippen LogP contribution is -2.44. The summed E-state index contributed by atoms with van der Waals surface area (Å²) >= 11 is 0. The van der Waals surface area contributed by atoms with Gasteiger partial charge in [0.15, 0.2) is 5.65 Å². The predicted molar refractivity (Wildman–Crippen MR) is 293 cm³/mol. The molecule has 0 fully saturated rings. The number of benzene rings is 5. The molecule has 0 saturated heterocycles. The van der Waals surface area contributed by atoms with Crippen LogP contribution in [0.2, 0.25) is 0 Å². The summed E-state index contributed by atoms with van der Waals surface area (Å²) in [5, 5.41) is 6.08. The highest BCUT2D eigenvalue weighted by Gasteiger charge is 2.30. The summed E-state index contributed by atoms with van der Waals surface area (Å²) in [5.41, 5.74) is 12.4. The van der Waals surface area contributed by atoms with E-state index >= 15 is 0 Å². The number of rotatable bonds is 21. The number of imidazole rings is 1. The molecular formula is C64H61N5O6. The molecule has 11 heteroatoms. The number of carbonyl (C=O) groups is 3. The highest BCUT2D eigenvalue weighted by molar-refractivity contribution is 5.97. The standard InChI is InChI=1S/C64H61N5O6/c1-43-28-30-46(31-29-43)38-57(67-60(70)27-11-3-6-17-44(2)64(72)75-42-55-53-25-14-12-23-51(53)52-24-13-15-26-54(52)55)62(71)65-49-34-32-47(33-35-49)41-74-63-58(39-50-22-16-36-73-50)68-61-56(37-45-18-7-4-8-19-45)66-59(40-69(61)63)48-20-9-5-10-21-48/h4-10,12-26,28,30-36,40,43-44,55,57H,3,11,27,29,37-39,41-42H2,1-2H3,(H,65,71)(H,67,70)/b17-6+/t43?,44-,57?/m1/s1.